The summed E-state index contributed by atoms with van der Waals surface area (Å²) < 4.78 is 18.8. The third-order valence-corrected chi connectivity index (χ3v) is 4.01. The first-order valence-electron chi connectivity index (χ1n) is 7.54. The molecular formula is C18H27FOP2. The summed E-state index contributed by atoms with van der Waals surface area (Å²) in [6, 6.07) is 6.55. The predicted octanol–water partition coefficient (Wildman–Crippen LogP) is 5.48. The van der Waals surface area contributed by atoms with Crippen LogP contribution in [0, 0.1) is 5.82 Å². The van der Waals surface area contributed by atoms with Crippen molar-refractivity contribution in [2.45, 2.75) is 45.1 Å². The summed E-state index contributed by atoms with van der Waals surface area (Å²) in [4.78, 5) is 0. The number of rotatable bonds is 8. The van der Waals surface area contributed by atoms with Gasteiger partial charge in [0.25, 0.3) is 0 Å². The van der Waals surface area contributed by atoms with Gasteiger partial charge < -0.3 is 4.74 Å². The standard InChI is InChI=1S/C18H27FOP2/c1-14(2)5-4-6-15(3)11-12-20-18(21,22)13-16-7-9-17(19)10-8-16/h5,7-11H,4,6,12-13,21-22H2,1-3H3/b15-11+. The molecule has 1 aromatic rings. The number of ether oxygens (including phenoxy) is 1. The number of hydrogen-bond donors (Lipinski definition) is 0. The summed E-state index contributed by atoms with van der Waals surface area (Å²) in [7, 11) is 5.43. The lowest BCUT2D eigenvalue weighted by Gasteiger charge is -2.24. The molecule has 1 nitrogen and oxygen atoms in total. The molecule has 1 aromatic carbocycles. The predicted molar refractivity (Wildman–Crippen MR) is 101 cm³/mol. The Morgan fingerprint density at radius 3 is 2.36 bits per heavy atom. The van der Waals surface area contributed by atoms with Crippen LogP contribution in [0.5, 0.6) is 0 Å². The molecular weight excluding hydrogens is 313 g/mol. The summed E-state index contributed by atoms with van der Waals surface area (Å²) in [5.74, 6) is -0.210. The molecule has 2 unspecified atom stereocenters. The Morgan fingerprint density at radius 1 is 1.14 bits per heavy atom. The largest absolute Gasteiger partial charge is 0.363 e. The molecule has 4 heteroatoms. The highest BCUT2D eigenvalue weighted by atomic mass is 31.1. The molecule has 122 valence electrons. The first-order chi connectivity index (χ1) is 10.3. The van der Waals surface area contributed by atoms with E-state index in [2.05, 4.69) is 51.4 Å². The van der Waals surface area contributed by atoms with Crippen LogP contribution in [0.3, 0.4) is 0 Å². The second-order valence-corrected chi connectivity index (χ2v) is 8.56. The van der Waals surface area contributed by atoms with Gasteiger partial charge in [0.2, 0.25) is 0 Å². The zero-order valence-corrected chi connectivity index (χ0v) is 16.0. The van der Waals surface area contributed by atoms with E-state index in [9.17, 15) is 4.39 Å². The molecule has 0 saturated heterocycles. The molecule has 0 fully saturated rings. The fourth-order valence-corrected chi connectivity index (χ4v) is 2.67. The highest BCUT2D eigenvalue weighted by molar-refractivity contribution is 7.39. The van der Waals surface area contributed by atoms with E-state index < -0.39 is 5.08 Å². The molecule has 0 N–H and O–H groups in total. The Balaban J connectivity index is 2.41. The third kappa shape index (κ3) is 8.79. The molecule has 0 saturated carbocycles. The molecule has 2 atom stereocenters. The molecule has 0 amide bonds. The van der Waals surface area contributed by atoms with Crippen LogP contribution >= 0.6 is 18.5 Å². The quantitative estimate of drug-likeness (QED) is 0.450. The maximum absolute atomic E-state index is 12.9. The molecule has 0 aliphatic carbocycles. The fourth-order valence-electron chi connectivity index (χ4n) is 2.00. The van der Waals surface area contributed by atoms with E-state index in [0.717, 1.165) is 18.4 Å². The Bertz CT molecular complexity index is 514. The molecule has 1 rings (SSSR count). The van der Waals surface area contributed by atoms with Crippen LogP contribution in [0.2, 0.25) is 0 Å². The minimum atomic E-state index is -0.422. The van der Waals surface area contributed by atoms with Crippen molar-refractivity contribution in [2.24, 2.45) is 0 Å². The van der Waals surface area contributed by atoms with Crippen LogP contribution < -0.4 is 0 Å². The number of halogens is 1. The zero-order valence-electron chi connectivity index (χ0n) is 13.7. The molecule has 0 bridgehead atoms. The second kappa shape index (κ2) is 9.56. The molecule has 0 heterocycles. The van der Waals surface area contributed by atoms with E-state index in [1.54, 1.807) is 12.1 Å². The first-order valence-corrected chi connectivity index (χ1v) is 8.69. The van der Waals surface area contributed by atoms with Gasteiger partial charge in [-0.25, -0.2) is 4.39 Å². The SMILES string of the molecule is CC(C)=CCC/C(C)=C/COC(P)(P)Cc1ccc(F)cc1. The van der Waals surface area contributed by atoms with Gasteiger partial charge in [-0.1, -0.05) is 53.9 Å². The van der Waals surface area contributed by atoms with Gasteiger partial charge in [0.1, 0.15) is 5.82 Å². The Kier molecular flexibility index (Phi) is 8.47. The van der Waals surface area contributed by atoms with E-state index in [-0.39, 0.29) is 5.82 Å². The minimum Gasteiger partial charge on any atom is -0.363 e. The summed E-state index contributed by atoms with van der Waals surface area (Å²) in [6.45, 7) is 6.95. The van der Waals surface area contributed by atoms with Crippen molar-refractivity contribution in [1.29, 1.82) is 0 Å². The van der Waals surface area contributed by atoms with Crippen molar-refractivity contribution in [3.8, 4) is 0 Å². The lowest BCUT2D eigenvalue weighted by atomic mass is 10.1. The normalized spacial score (nSPS) is 12.4. The van der Waals surface area contributed by atoms with Gasteiger partial charge in [-0.05, 0) is 51.3 Å². The number of allylic oxidation sites excluding steroid dienone is 3. The number of hydrogen-bond acceptors (Lipinski definition) is 1. The Labute approximate surface area is 138 Å². The Hall–Kier alpha value is -0.550. The van der Waals surface area contributed by atoms with Crippen molar-refractivity contribution in [3.05, 3.63) is 58.9 Å². The van der Waals surface area contributed by atoms with Gasteiger partial charge in [-0.3, -0.25) is 0 Å². The van der Waals surface area contributed by atoms with E-state index in [1.165, 1.54) is 23.3 Å². The first kappa shape index (κ1) is 19.5. The third-order valence-electron chi connectivity index (χ3n) is 3.27. The molecule has 0 aromatic heterocycles. The summed E-state index contributed by atoms with van der Waals surface area (Å²) in [5, 5.41) is -0.422. The average molecular weight is 340 g/mol. The van der Waals surface area contributed by atoms with Gasteiger partial charge in [0, 0.05) is 6.42 Å². The molecule has 0 aliphatic rings. The monoisotopic (exact) mass is 340 g/mol. The average Bonchev–Trinajstić information content (AvgIpc) is 2.40. The van der Waals surface area contributed by atoms with Crippen LogP contribution in [0.4, 0.5) is 4.39 Å². The lowest BCUT2D eigenvalue weighted by Crippen LogP contribution is -2.20. The molecule has 0 radical (unpaired) electrons. The highest BCUT2D eigenvalue weighted by Crippen LogP contribution is 2.32. The molecule has 0 spiro atoms. The summed E-state index contributed by atoms with van der Waals surface area (Å²) >= 11 is 0. The van der Waals surface area contributed by atoms with Crippen molar-refractivity contribution >= 4 is 18.5 Å². The highest BCUT2D eigenvalue weighted by Gasteiger charge is 2.18. The molecule has 22 heavy (non-hydrogen) atoms. The van der Waals surface area contributed by atoms with Gasteiger partial charge in [0.15, 0.2) is 0 Å². The van der Waals surface area contributed by atoms with Crippen molar-refractivity contribution < 1.29 is 9.13 Å². The van der Waals surface area contributed by atoms with Crippen LogP contribution in [-0.4, -0.2) is 11.7 Å². The lowest BCUT2D eigenvalue weighted by molar-refractivity contribution is 0.112. The van der Waals surface area contributed by atoms with Crippen molar-refractivity contribution in [3.63, 3.8) is 0 Å². The van der Waals surface area contributed by atoms with Crippen LogP contribution in [0.25, 0.3) is 0 Å². The maximum Gasteiger partial charge on any atom is 0.123 e. The topological polar surface area (TPSA) is 9.23 Å². The van der Waals surface area contributed by atoms with Crippen LogP contribution in [-0.2, 0) is 11.2 Å². The van der Waals surface area contributed by atoms with E-state index in [0.29, 0.717) is 13.0 Å². The number of benzene rings is 1. The van der Waals surface area contributed by atoms with Gasteiger partial charge >= 0.3 is 0 Å². The second-order valence-electron chi connectivity index (χ2n) is 5.94. The summed E-state index contributed by atoms with van der Waals surface area (Å²) in [5.41, 5.74) is 3.75. The smallest absolute Gasteiger partial charge is 0.123 e. The minimum absolute atomic E-state index is 0.210. The van der Waals surface area contributed by atoms with Gasteiger partial charge in [-0.2, -0.15) is 0 Å². The summed E-state index contributed by atoms with van der Waals surface area (Å²) in [6.07, 6.45) is 7.22. The van der Waals surface area contributed by atoms with Gasteiger partial charge in [0.05, 0.1) is 11.7 Å². The Morgan fingerprint density at radius 2 is 1.77 bits per heavy atom. The van der Waals surface area contributed by atoms with E-state index in [1.807, 2.05) is 0 Å². The van der Waals surface area contributed by atoms with E-state index in [4.69, 9.17) is 4.74 Å². The van der Waals surface area contributed by atoms with Crippen LogP contribution in [0.15, 0.2) is 47.6 Å². The van der Waals surface area contributed by atoms with E-state index >= 15 is 0 Å². The van der Waals surface area contributed by atoms with Gasteiger partial charge in [-0.15, -0.1) is 0 Å². The van der Waals surface area contributed by atoms with Crippen molar-refractivity contribution in [1.82, 2.24) is 0 Å². The molecule has 0 aliphatic heterocycles. The zero-order chi connectivity index (χ0) is 16.6. The fraction of sp³-hybridized carbons (Fsp3) is 0.444. The van der Waals surface area contributed by atoms with Crippen LogP contribution in [0.1, 0.15) is 39.2 Å². The van der Waals surface area contributed by atoms with Crippen molar-refractivity contribution in [2.75, 3.05) is 6.61 Å². The maximum atomic E-state index is 12.9.